The van der Waals surface area contributed by atoms with Gasteiger partial charge in [0, 0.05) is 12.1 Å². The lowest BCUT2D eigenvalue weighted by atomic mass is 9.95. The molecular formula is C15H21ClFNO. The number of halogens is 2. The van der Waals surface area contributed by atoms with Gasteiger partial charge in [-0.25, -0.2) is 4.39 Å². The first-order chi connectivity index (χ1) is 9.25. The molecule has 0 atom stereocenters. The van der Waals surface area contributed by atoms with E-state index in [-0.39, 0.29) is 5.02 Å². The molecule has 4 heteroatoms. The summed E-state index contributed by atoms with van der Waals surface area (Å²) in [6, 6.07) is 5.23. The number of rotatable bonds is 6. The SMILES string of the molecule is Fc1cc(OCCCNC2CCCCC2)ccc1Cl. The monoisotopic (exact) mass is 285 g/mol. The summed E-state index contributed by atoms with van der Waals surface area (Å²) in [7, 11) is 0. The van der Waals surface area contributed by atoms with Gasteiger partial charge in [0.05, 0.1) is 11.6 Å². The average Bonchev–Trinajstić information content (AvgIpc) is 2.43. The van der Waals surface area contributed by atoms with Gasteiger partial charge in [-0.05, 0) is 37.9 Å². The largest absolute Gasteiger partial charge is 0.493 e. The molecule has 0 radical (unpaired) electrons. The van der Waals surface area contributed by atoms with Gasteiger partial charge >= 0.3 is 0 Å². The Morgan fingerprint density at radius 3 is 2.79 bits per heavy atom. The molecule has 1 aromatic rings. The molecule has 1 fully saturated rings. The average molecular weight is 286 g/mol. The Bertz CT molecular complexity index is 394. The van der Waals surface area contributed by atoms with Crippen LogP contribution in [-0.4, -0.2) is 19.2 Å². The Balaban J connectivity index is 1.59. The molecule has 2 nitrogen and oxygen atoms in total. The first kappa shape index (κ1) is 14.6. The molecule has 0 heterocycles. The summed E-state index contributed by atoms with van der Waals surface area (Å²) in [6.45, 7) is 1.56. The van der Waals surface area contributed by atoms with Gasteiger partial charge in [0.1, 0.15) is 11.6 Å². The summed E-state index contributed by atoms with van der Waals surface area (Å²) in [6.07, 6.45) is 7.59. The molecule has 0 saturated heterocycles. The number of hydrogen-bond donors (Lipinski definition) is 1. The molecule has 1 saturated carbocycles. The third-order valence-corrected chi connectivity index (χ3v) is 3.83. The van der Waals surface area contributed by atoms with Crippen LogP contribution in [0.4, 0.5) is 4.39 Å². The van der Waals surface area contributed by atoms with Gasteiger partial charge in [-0.1, -0.05) is 30.9 Å². The van der Waals surface area contributed by atoms with Crippen molar-refractivity contribution in [1.29, 1.82) is 0 Å². The predicted molar refractivity (Wildman–Crippen MR) is 76.4 cm³/mol. The van der Waals surface area contributed by atoms with Crippen LogP contribution >= 0.6 is 11.6 Å². The number of nitrogens with one attached hydrogen (secondary N) is 1. The molecule has 1 aromatic carbocycles. The smallest absolute Gasteiger partial charge is 0.145 e. The van der Waals surface area contributed by atoms with E-state index in [1.54, 1.807) is 6.07 Å². The molecule has 0 aromatic heterocycles. The fraction of sp³-hybridized carbons (Fsp3) is 0.600. The van der Waals surface area contributed by atoms with Gasteiger partial charge < -0.3 is 10.1 Å². The predicted octanol–water partition coefficient (Wildman–Crippen LogP) is 4.17. The molecule has 0 amide bonds. The number of benzene rings is 1. The van der Waals surface area contributed by atoms with Crippen LogP contribution in [0.25, 0.3) is 0 Å². The van der Waals surface area contributed by atoms with E-state index in [4.69, 9.17) is 16.3 Å². The summed E-state index contributed by atoms with van der Waals surface area (Å²) >= 11 is 5.61. The second-order valence-electron chi connectivity index (χ2n) is 5.07. The molecule has 0 aliphatic heterocycles. The van der Waals surface area contributed by atoms with Gasteiger partial charge in [-0.3, -0.25) is 0 Å². The van der Waals surface area contributed by atoms with Gasteiger partial charge in [0.25, 0.3) is 0 Å². The molecular weight excluding hydrogens is 265 g/mol. The summed E-state index contributed by atoms with van der Waals surface area (Å²) in [4.78, 5) is 0. The minimum atomic E-state index is -0.431. The summed E-state index contributed by atoms with van der Waals surface area (Å²) in [5.41, 5.74) is 0. The third-order valence-electron chi connectivity index (χ3n) is 3.52. The zero-order valence-corrected chi connectivity index (χ0v) is 11.9. The Morgan fingerprint density at radius 1 is 1.26 bits per heavy atom. The van der Waals surface area contributed by atoms with E-state index in [2.05, 4.69) is 5.32 Å². The Kier molecular flexibility index (Phi) is 5.93. The first-order valence-corrected chi connectivity index (χ1v) is 7.45. The lowest BCUT2D eigenvalue weighted by Crippen LogP contribution is -2.32. The van der Waals surface area contributed by atoms with Crippen LogP contribution in [0.5, 0.6) is 5.75 Å². The number of ether oxygens (including phenoxy) is 1. The fourth-order valence-corrected chi connectivity index (χ4v) is 2.56. The highest BCUT2D eigenvalue weighted by Gasteiger charge is 2.11. The highest BCUT2D eigenvalue weighted by atomic mass is 35.5. The lowest BCUT2D eigenvalue weighted by molar-refractivity contribution is 0.295. The standard InChI is InChI=1S/C15H21ClFNO/c16-14-8-7-13(11-15(14)17)19-10-4-9-18-12-5-2-1-3-6-12/h7-8,11-12,18H,1-6,9-10H2. The molecule has 0 bridgehead atoms. The highest BCUT2D eigenvalue weighted by molar-refractivity contribution is 6.30. The van der Waals surface area contributed by atoms with Crippen molar-refractivity contribution in [2.24, 2.45) is 0 Å². The van der Waals surface area contributed by atoms with Crippen LogP contribution in [0.2, 0.25) is 5.02 Å². The summed E-state index contributed by atoms with van der Waals surface area (Å²) in [5, 5.41) is 3.68. The Morgan fingerprint density at radius 2 is 2.05 bits per heavy atom. The Labute approximate surface area is 119 Å². The lowest BCUT2D eigenvalue weighted by Gasteiger charge is -2.22. The van der Waals surface area contributed by atoms with Crippen LogP contribution in [-0.2, 0) is 0 Å². The molecule has 1 N–H and O–H groups in total. The normalized spacial score (nSPS) is 16.5. The van der Waals surface area contributed by atoms with E-state index in [9.17, 15) is 4.39 Å². The second-order valence-corrected chi connectivity index (χ2v) is 5.47. The van der Waals surface area contributed by atoms with Gasteiger partial charge in [-0.2, -0.15) is 0 Å². The van der Waals surface area contributed by atoms with Crippen LogP contribution in [0.15, 0.2) is 18.2 Å². The van der Waals surface area contributed by atoms with Crippen LogP contribution < -0.4 is 10.1 Å². The maximum absolute atomic E-state index is 13.2. The van der Waals surface area contributed by atoms with Gasteiger partial charge in [0.15, 0.2) is 0 Å². The molecule has 19 heavy (non-hydrogen) atoms. The Hall–Kier alpha value is -0.800. The quantitative estimate of drug-likeness (QED) is 0.792. The van der Waals surface area contributed by atoms with Gasteiger partial charge in [-0.15, -0.1) is 0 Å². The van der Waals surface area contributed by atoms with Crippen molar-refractivity contribution in [3.05, 3.63) is 29.0 Å². The van der Waals surface area contributed by atoms with E-state index in [0.717, 1.165) is 13.0 Å². The van der Waals surface area contributed by atoms with E-state index in [1.165, 1.54) is 44.2 Å². The zero-order chi connectivity index (χ0) is 13.5. The number of hydrogen-bond acceptors (Lipinski definition) is 2. The minimum Gasteiger partial charge on any atom is -0.493 e. The zero-order valence-electron chi connectivity index (χ0n) is 11.1. The molecule has 106 valence electrons. The van der Waals surface area contributed by atoms with Crippen molar-refractivity contribution in [1.82, 2.24) is 5.32 Å². The van der Waals surface area contributed by atoms with E-state index in [0.29, 0.717) is 18.4 Å². The maximum Gasteiger partial charge on any atom is 0.145 e. The topological polar surface area (TPSA) is 21.3 Å². The molecule has 0 spiro atoms. The molecule has 0 unspecified atom stereocenters. The van der Waals surface area contributed by atoms with Crippen LogP contribution in [0.1, 0.15) is 38.5 Å². The van der Waals surface area contributed by atoms with E-state index >= 15 is 0 Å². The molecule has 1 aliphatic carbocycles. The molecule has 1 aliphatic rings. The van der Waals surface area contributed by atoms with Crippen molar-refractivity contribution in [2.45, 2.75) is 44.6 Å². The fourth-order valence-electron chi connectivity index (χ4n) is 2.44. The van der Waals surface area contributed by atoms with Crippen molar-refractivity contribution >= 4 is 11.6 Å². The second kappa shape index (κ2) is 7.71. The molecule has 2 rings (SSSR count). The highest BCUT2D eigenvalue weighted by Crippen LogP contribution is 2.20. The third kappa shape index (κ3) is 5.00. The van der Waals surface area contributed by atoms with E-state index < -0.39 is 5.82 Å². The maximum atomic E-state index is 13.2. The first-order valence-electron chi connectivity index (χ1n) is 7.07. The van der Waals surface area contributed by atoms with Crippen LogP contribution in [0.3, 0.4) is 0 Å². The van der Waals surface area contributed by atoms with Crippen molar-refractivity contribution in [3.63, 3.8) is 0 Å². The van der Waals surface area contributed by atoms with Crippen molar-refractivity contribution < 1.29 is 9.13 Å². The van der Waals surface area contributed by atoms with Gasteiger partial charge in [0.2, 0.25) is 0 Å². The summed E-state index contributed by atoms with van der Waals surface area (Å²) < 4.78 is 18.7. The van der Waals surface area contributed by atoms with Crippen LogP contribution in [0, 0.1) is 5.82 Å². The van der Waals surface area contributed by atoms with Crippen molar-refractivity contribution in [2.75, 3.05) is 13.2 Å². The summed E-state index contributed by atoms with van der Waals surface area (Å²) in [5.74, 6) is 0.110. The van der Waals surface area contributed by atoms with E-state index in [1.807, 2.05) is 0 Å². The van der Waals surface area contributed by atoms with Crippen molar-refractivity contribution in [3.8, 4) is 5.75 Å². The minimum absolute atomic E-state index is 0.131.